The molecule has 0 aliphatic rings. The van der Waals surface area contributed by atoms with Crippen LogP contribution < -0.4 is 5.32 Å². The minimum Gasteiger partial charge on any atom is -0.462 e. The highest BCUT2D eigenvalue weighted by Gasteiger charge is 2.09. The molecule has 0 radical (unpaired) electrons. The Labute approximate surface area is 94.6 Å². The van der Waals surface area contributed by atoms with E-state index in [2.05, 4.69) is 5.32 Å². The molecule has 4 nitrogen and oxygen atoms in total. The zero-order valence-electron chi connectivity index (χ0n) is 9.40. The van der Waals surface area contributed by atoms with E-state index in [0.29, 0.717) is 5.56 Å². The average molecular weight is 221 g/mol. The number of esters is 1. The first-order valence-corrected chi connectivity index (χ1v) is 5.12. The summed E-state index contributed by atoms with van der Waals surface area (Å²) in [6.45, 7) is 3.42. The number of ether oxygens (including phenoxy) is 1. The lowest BCUT2D eigenvalue weighted by Gasteiger charge is -2.08. The lowest BCUT2D eigenvalue weighted by atomic mass is 10.2. The van der Waals surface area contributed by atoms with Gasteiger partial charge >= 0.3 is 5.97 Å². The highest BCUT2D eigenvalue weighted by atomic mass is 16.5. The van der Waals surface area contributed by atoms with Crippen LogP contribution in [0.1, 0.15) is 24.2 Å². The van der Waals surface area contributed by atoms with Crippen LogP contribution in [-0.4, -0.2) is 24.5 Å². The summed E-state index contributed by atoms with van der Waals surface area (Å²) in [5.41, 5.74) is 0.528. The standard InChI is InChI=1S/C12H15NO3/c1-9(2)16-11(14)8-13-12(15)10-6-4-3-5-7-10/h3-7,9H,8H2,1-2H3,(H,13,15). The largest absolute Gasteiger partial charge is 0.462 e. The molecule has 86 valence electrons. The Kier molecular flexibility index (Phi) is 4.51. The Balaban J connectivity index is 2.39. The van der Waals surface area contributed by atoms with Gasteiger partial charge in [-0.3, -0.25) is 9.59 Å². The van der Waals surface area contributed by atoms with Crippen LogP contribution in [0.25, 0.3) is 0 Å². The van der Waals surface area contributed by atoms with Gasteiger partial charge in [-0.15, -0.1) is 0 Å². The second-order valence-corrected chi connectivity index (χ2v) is 3.59. The van der Waals surface area contributed by atoms with Crippen molar-refractivity contribution in [3.8, 4) is 0 Å². The van der Waals surface area contributed by atoms with Crippen molar-refractivity contribution in [1.29, 1.82) is 0 Å². The Hall–Kier alpha value is -1.84. The SMILES string of the molecule is CC(C)OC(=O)CNC(=O)c1ccccc1. The van der Waals surface area contributed by atoms with Crippen LogP contribution in [0.15, 0.2) is 30.3 Å². The average Bonchev–Trinajstić information content (AvgIpc) is 2.26. The van der Waals surface area contributed by atoms with Crippen molar-refractivity contribution in [2.75, 3.05) is 6.54 Å². The molecule has 0 saturated carbocycles. The number of rotatable bonds is 4. The summed E-state index contributed by atoms with van der Waals surface area (Å²) in [6.07, 6.45) is -0.166. The lowest BCUT2D eigenvalue weighted by molar-refractivity contribution is -0.146. The van der Waals surface area contributed by atoms with Crippen molar-refractivity contribution in [2.45, 2.75) is 20.0 Å². The molecule has 16 heavy (non-hydrogen) atoms. The van der Waals surface area contributed by atoms with Crippen molar-refractivity contribution >= 4 is 11.9 Å². The molecule has 1 amide bonds. The summed E-state index contributed by atoms with van der Waals surface area (Å²) in [5, 5.41) is 2.49. The maximum Gasteiger partial charge on any atom is 0.325 e. The molecule has 0 heterocycles. The van der Waals surface area contributed by atoms with Gasteiger partial charge in [0.15, 0.2) is 0 Å². The van der Waals surface area contributed by atoms with Gasteiger partial charge < -0.3 is 10.1 Å². The minimum atomic E-state index is -0.431. The van der Waals surface area contributed by atoms with Gasteiger partial charge in [0.25, 0.3) is 5.91 Å². The zero-order valence-corrected chi connectivity index (χ0v) is 9.40. The van der Waals surface area contributed by atoms with Gasteiger partial charge in [0.1, 0.15) is 6.54 Å². The van der Waals surface area contributed by atoms with Crippen LogP contribution >= 0.6 is 0 Å². The molecule has 0 fully saturated rings. The molecule has 1 rings (SSSR count). The van der Waals surface area contributed by atoms with Crippen molar-refractivity contribution in [3.05, 3.63) is 35.9 Å². The fraction of sp³-hybridized carbons (Fsp3) is 0.333. The number of hydrogen-bond acceptors (Lipinski definition) is 3. The monoisotopic (exact) mass is 221 g/mol. The van der Waals surface area contributed by atoms with Gasteiger partial charge in [0.05, 0.1) is 6.10 Å². The van der Waals surface area contributed by atoms with Crippen LogP contribution in [0.4, 0.5) is 0 Å². The predicted octanol–water partition coefficient (Wildman–Crippen LogP) is 1.37. The molecule has 1 aromatic rings. The van der Waals surface area contributed by atoms with Gasteiger partial charge in [-0.2, -0.15) is 0 Å². The van der Waals surface area contributed by atoms with Crippen molar-refractivity contribution < 1.29 is 14.3 Å². The highest BCUT2D eigenvalue weighted by Crippen LogP contribution is 1.97. The van der Waals surface area contributed by atoms with E-state index in [1.165, 1.54) is 0 Å². The van der Waals surface area contributed by atoms with Crippen LogP contribution in [-0.2, 0) is 9.53 Å². The number of hydrogen-bond donors (Lipinski definition) is 1. The maximum absolute atomic E-state index is 11.5. The molecule has 4 heteroatoms. The third-order valence-electron chi connectivity index (χ3n) is 1.80. The van der Waals surface area contributed by atoms with Gasteiger partial charge in [-0.1, -0.05) is 18.2 Å². The van der Waals surface area contributed by atoms with Crippen molar-refractivity contribution in [1.82, 2.24) is 5.32 Å². The molecule has 0 saturated heterocycles. The molecule has 0 spiro atoms. The number of nitrogens with one attached hydrogen (secondary N) is 1. The lowest BCUT2D eigenvalue weighted by Crippen LogP contribution is -2.31. The third-order valence-corrected chi connectivity index (χ3v) is 1.80. The molecule has 1 aromatic carbocycles. The maximum atomic E-state index is 11.5. The number of amides is 1. The molecule has 0 aliphatic carbocycles. The fourth-order valence-electron chi connectivity index (χ4n) is 1.15. The van der Waals surface area contributed by atoms with E-state index in [9.17, 15) is 9.59 Å². The van der Waals surface area contributed by atoms with E-state index in [0.717, 1.165) is 0 Å². The van der Waals surface area contributed by atoms with E-state index < -0.39 is 5.97 Å². The Morgan fingerprint density at radius 1 is 1.25 bits per heavy atom. The first-order chi connectivity index (χ1) is 7.59. The zero-order chi connectivity index (χ0) is 12.0. The Morgan fingerprint density at radius 2 is 1.88 bits per heavy atom. The van der Waals surface area contributed by atoms with Crippen LogP contribution in [0.2, 0.25) is 0 Å². The summed E-state index contributed by atoms with van der Waals surface area (Å²) in [7, 11) is 0. The second-order valence-electron chi connectivity index (χ2n) is 3.59. The molecule has 0 bridgehead atoms. The summed E-state index contributed by atoms with van der Waals surface area (Å²) in [6, 6.07) is 8.72. The topological polar surface area (TPSA) is 55.4 Å². The summed E-state index contributed by atoms with van der Waals surface area (Å²) < 4.78 is 4.88. The Bertz CT molecular complexity index is 360. The molecular formula is C12H15NO3. The Morgan fingerprint density at radius 3 is 2.44 bits per heavy atom. The molecule has 0 aromatic heterocycles. The smallest absolute Gasteiger partial charge is 0.325 e. The van der Waals surface area contributed by atoms with E-state index in [1.807, 2.05) is 6.07 Å². The third kappa shape index (κ3) is 4.13. The first-order valence-electron chi connectivity index (χ1n) is 5.12. The number of benzene rings is 1. The molecule has 1 N–H and O–H groups in total. The van der Waals surface area contributed by atoms with Crippen LogP contribution in [0.3, 0.4) is 0 Å². The molecule has 0 atom stereocenters. The van der Waals surface area contributed by atoms with Gasteiger partial charge in [-0.05, 0) is 26.0 Å². The van der Waals surface area contributed by atoms with Gasteiger partial charge in [0, 0.05) is 5.56 Å². The second kappa shape index (κ2) is 5.90. The van der Waals surface area contributed by atoms with Gasteiger partial charge in [-0.25, -0.2) is 0 Å². The van der Waals surface area contributed by atoms with Gasteiger partial charge in [0.2, 0.25) is 0 Å². The normalized spacial score (nSPS) is 9.94. The fourth-order valence-corrected chi connectivity index (χ4v) is 1.15. The summed E-state index contributed by atoms with van der Waals surface area (Å²) in [4.78, 5) is 22.7. The quantitative estimate of drug-likeness (QED) is 0.781. The number of carbonyl (C=O) groups is 2. The van der Waals surface area contributed by atoms with Crippen LogP contribution in [0, 0.1) is 0 Å². The van der Waals surface area contributed by atoms with E-state index in [4.69, 9.17) is 4.74 Å². The predicted molar refractivity (Wildman–Crippen MR) is 60.0 cm³/mol. The molecule has 0 aliphatic heterocycles. The first kappa shape index (κ1) is 12.2. The number of carbonyl (C=O) groups excluding carboxylic acids is 2. The van der Waals surface area contributed by atoms with Crippen molar-refractivity contribution in [2.24, 2.45) is 0 Å². The minimum absolute atomic E-state index is 0.105. The highest BCUT2D eigenvalue weighted by molar-refractivity contribution is 5.95. The molecular weight excluding hydrogens is 206 g/mol. The summed E-state index contributed by atoms with van der Waals surface area (Å²) >= 11 is 0. The van der Waals surface area contributed by atoms with E-state index in [1.54, 1.807) is 38.1 Å². The van der Waals surface area contributed by atoms with Crippen LogP contribution in [0.5, 0.6) is 0 Å². The van der Waals surface area contributed by atoms with Crippen molar-refractivity contribution in [3.63, 3.8) is 0 Å². The summed E-state index contributed by atoms with van der Waals surface area (Å²) in [5.74, 6) is -0.708. The molecule has 0 unspecified atom stereocenters. The van der Waals surface area contributed by atoms with E-state index in [-0.39, 0.29) is 18.6 Å². The van der Waals surface area contributed by atoms with E-state index >= 15 is 0 Å².